The Balaban J connectivity index is 2.86. The van der Waals surface area contributed by atoms with Crippen molar-refractivity contribution in [1.82, 2.24) is 9.55 Å². The molecular formula is C8H12N2O3. The second kappa shape index (κ2) is 4.04. The van der Waals surface area contributed by atoms with Crippen LogP contribution in [0.25, 0.3) is 0 Å². The highest BCUT2D eigenvalue weighted by molar-refractivity contribution is 5.73. The molecule has 1 aromatic heterocycles. The lowest BCUT2D eigenvalue weighted by atomic mass is 10.2. The molecule has 5 heteroatoms. The van der Waals surface area contributed by atoms with E-state index in [1.165, 1.54) is 12.5 Å². The molecule has 5 nitrogen and oxygen atoms in total. The van der Waals surface area contributed by atoms with Crippen molar-refractivity contribution in [2.75, 3.05) is 0 Å². The summed E-state index contributed by atoms with van der Waals surface area (Å²) in [6.07, 6.45) is 2.28. The fraction of sp³-hybridized carbons (Fsp3) is 0.500. The van der Waals surface area contributed by atoms with Crippen LogP contribution in [0.2, 0.25) is 0 Å². The molecule has 0 radical (unpaired) electrons. The maximum atomic E-state index is 10.5. The first kappa shape index (κ1) is 9.73. The molecule has 1 heterocycles. The first-order chi connectivity index (χ1) is 6.16. The molecule has 72 valence electrons. The molecule has 0 saturated heterocycles. The van der Waals surface area contributed by atoms with Gasteiger partial charge in [-0.05, 0) is 6.42 Å². The lowest BCUT2D eigenvalue weighted by Crippen LogP contribution is -2.15. The summed E-state index contributed by atoms with van der Waals surface area (Å²) in [6.45, 7) is 2.64. The Hall–Kier alpha value is -1.36. The van der Waals surface area contributed by atoms with Crippen molar-refractivity contribution in [3.63, 3.8) is 0 Å². The van der Waals surface area contributed by atoms with Crippen LogP contribution in [0.4, 0.5) is 0 Å². The molecular weight excluding hydrogens is 172 g/mol. The summed E-state index contributed by atoms with van der Waals surface area (Å²) >= 11 is 0. The summed E-state index contributed by atoms with van der Waals surface area (Å²) in [5.74, 6) is -1.25. The van der Waals surface area contributed by atoms with E-state index in [1.807, 2.05) is 6.92 Å². The van der Waals surface area contributed by atoms with Crippen molar-refractivity contribution < 1.29 is 15.0 Å². The van der Waals surface area contributed by atoms with Gasteiger partial charge in [0.2, 0.25) is 0 Å². The third-order valence-corrected chi connectivity index (χ3v) is 1.72. The molecule has 0 aliphatic rings. The molecule has 0 aliphatic heterocycles. The van der Waals surface area contributed by atoms with E-state index in [-0.39, 0.29) is 0 Å². The summed E-state index contributed by atoms with van der Waals surface area (Å²) in [4.78, 5) is 14.2. The van der Waals surface area contributed by atoms with Crippen LogP contribution in [0.5, 0.6) is 0 Å². The number of aliphatic carboxylic acids is 1. The Morgan fingerprint density at radius 3 is 3.00 bits per heavy atom. The number of carboxylic acids is 1. The van der Waals surface area contributed by atoms with E-state index in [1.54, 1.807) is 4.57 Å². The maximum Gasteiger partial charge on any atom is 0.338 e. The molecule has 13 heavy (non-hydrogen) atoms. The first-order valence-corrected chi connectivity index (χ1v) is 4.07. The molecule has 0 fully saturated rings. The quantitative estimate of drug-likeness (QED) is 0.710. The van der Waals surface area contributed by atoms with Crippen molar-refractivity contribution in [3.05, 3.63) is 18.2 Å². The van der Waals surface area contributed by atoms with E-state index >= 15 is 0 Å². The van der Waals surface area contributed by atoms with Gasteiger partial charge in [0, 0.05) is 6.54 Å². The topological polar surface area (TPSA) is 75.3 Å². The monoisotopic (exact) mass is 184 g/mol. The second-order valence-electron chi connectivity index (χ2n) is 2.75. The molecule has 1 aromatic rings. The number of carbonyl (C=O) groups is 1. The highest BCUT2D eigenvalue weighted by atomic mass is 16.4. The molecule has 0 aromatic carbocycles. The number of nitrogens with zero attached hydrogens (tertiary/aromatic N) is 2. The van der Waals surface area contributed by atoms with Gasteiger partial charge in [0.1, 0.15) is 0 Å². The number of hydrogen-bond donors (Lipinski definition) is 2. The minimum absolute atomic E-state index is 0.328. The molecule has 2 N–H and O–H groups in total. The minimum atomic E-state index is -1.48. The van der Waals surface area contributed by atoms with Crippen LogP contribution in [-0.4, -0.2) is 25.7 Å². The highest BCUT2D eigenvalue weighted by Crippen LogP contribution is 2.12. The number of aryl methyl sites for hydroxylation is 1. The lowest BCUT2D eigenvalue weighted by Gasteiger charge is -2.08. The summed E-state index contributed by atoms with van der Waals surface area (Å²) in [7, 11) is 0. The van der Waals surface area contributed by atoms with Gasteiger partial charge in [0.05, 0.1) is 18.2 Å². The average Bonchev–Trinajstić information content (AvgIpc) is 2.52. The number of aromatic nitrogens is 2. The molecule has 1 unspecified atom stereocenters. The van der Waals surface area contributed by atoms with E-state index in [2.05, 4.69) is 4.98 Å². The predicted molar refractivity (Wildman–Crippen MR) is 45.1 cm³/mol. The van der Waals surface area contributed by atoms with E-state index in [0.717, 1.165) is 6.42 Å². The summed E-state index contributed by atoms with van der Waals surface area (Å²) in [5, 5.41) is 17.8. The highest BCUT2D eigenvalue weighted by Gasteiger charge is 2.19. The summed E-state index contributed by atoms with van der Waals surface area (Å²) < 4.78 is 1.64. The Bertz CT molecular complexity index is 295. The SMILES string of the molecule is CCCn1cncc1C(O)C(=O)O. The Labute approximate surface area is 75.6 Å². The van der Waals surface area contributed by atoms with Crippen LogP contribution in [0.15, 0.2) is 12.5 Å². The van der Waals surface area contributed by atoms with Crippen LogP contribution in [0.3, 0.4) is 0 Å². The van der Waals surface area contributed by atoms with Gasteiger partial charge < -0.3 is 14.8 Å². The Kier molecular flexibility index (Phi) is 3.02. The van der Waals surface area contributed by atoms with Crippen LogP contribution in [0, 0.1) is 0 Å². The van der Waals surface area contributed by atoms with Crippen molar-refractivity contribution in [2.45, 2.75) is 26.0 Å². The zero-order valence-electron chi connectivity index (χ0n) is 7.34. The average molecular weight is 184 g/mol. The third-order valence-electron chi connectivity index (χ3n) is 1.72. The third kappa shape index (κ3) is 2.06. The van der Waals surface area contributed by atoms with Crippen LogP contribution in [0.1, 0.15) is 25.1 Å². The molecule has 1 atom stereocenters. The van der Waals surface area contributed by atoms with E-state index < -0.39 is 12.1 Å². The van der Waals surface area contributed by atoms with Gasteiger partial charge >= 0.3 is 5.97 Å². The number of carboxylic acid groups (broad SMARTS) is 1. The summed E-state index contributed by atoms with van der Waals surface area (Å²) in [5.41, 5.74) is 0.328. The van der Waals surface area contributed by atoms with E-state index in [9.17, 15) is 9.90 Å². The van der Waals surface area contributed by atoms with E-state index in [0.29, 0.717) is 12.2 Å². The molecule has 1 rings (SSSR count). The van der Waals surface area contributed by atoms with Crippen LogP contribution < -0.4 is 0 Å². The Morgan fingerprint density at radius 1 is 1.77 bits per heavy atom. The zero-order chi connectivity index (χ0) is 9.84. The van der Waals surface area contributed by atoms with Crippen LogP contribution in [-0.2, 0) is 11.3 Å². The molecule has 0 saturated carbocycles. The van der Waals surface area contributed by atoms with Crippen molar-refractivity contribution >= 4 is 5.97 Å². The fourth-order valence-corrected chi connectivity index (χ4v) is 1.11. The van der Waals surface area contributed by atoms with Gasteiger partial charge in [-0.15, -0.1) is 0 Å². The number of imidazole rings is 1. The van der Waals surface area contributed by atoms with Gasteiger partial charge in [-0.25, -0.2) is 9.78 Å². The number of aliphatic hydroxyl groups is 1. The van der Waals surface area contributed by atoms with Gasteiger partial charge in [-0.1, -0.05) is 6.92 Å². The minimum Gasteiger partial charge on any atom is -0.479 e. The van der Waals surface area contributed by atoms with Gasteiger partial charge in [-0.3, -0.25) is 0 Å². The van der Waals surface area contributed by atoms with Crippen molar-refractivity contribution in [2.24, 2.45) is 0 Å². The second-order valence-corrected chi connectivity index (χ2v) is 2.75. The van der Waals surface area contributed by atoms with Crippen LogP contribution >= 0.6 is 0 Å². The largest absolute Gasteiger partial charge is 0.479 e. The number of rotatable bonds is 4. The fourth-order valence-electron chi connectivity index (χ4n) is 1.11. The molecule has 0 bridgehead atoms. The predicted octanol–water partition coefficient (Wildman–Crippen LogP) is 0.411. The van der Waals surface area contributed by atoms with Gasteiger partial charge in [0.15, 0.2) is 6.10 Å². The standard InChI is InChI=1S/C8H12N2O3/c1-2-3-10-5-9-4-6(10)7(11)8(12)13/h4-5,7,11H,2-3H2,1H3,(H,12,13). The number of hydrogen-bond acceptors (Lipinski definition) is 3. The van der Waals surface area contributed by atoms with Crippen molar-refractivity contribution in [3.8, 4) is 0 Å². The lowest BCUT2D eigenvalue weighted by molar-refractivity contribution is -0.147. The normalized spacial score (nSPS) is 12.8. The van der Waals surface area contributed by atoms with Crippen molar-refractivity contribution in [1.29, 1.82) is 0 Å². The molecule has 0 aliphatic carbocycles. The number of aliphatic hydroxyl groups excluding tert-OH is 1. The van der Waals surface area contributed by atoms with E-state index in [4.69, 9.17) is 5.11 Å². The molecule has 0 amide bonds. The zero-order valence-corrected chi connectivity index (χ0v) is 7.34. The Morgan fingerprint density at radius 2 is 2.46 bits per heavy atom. The maximum absolute atomic E-state index is 10.5. The van der Waals surface area contributed by atoms with Gasteiger partial charge in [-0.2, -0.15) is 0 Å². The first-order valence-electron chi connectivity index (χ1n) is 4.07. The smallest absolute Gasteiger partial charge is 0.338 e. The van der Waals surface area contributed by atoms with Gasteiger partial charge in [0.25, 0.3) is 0 Å². The summed E-state index contributed by atoms with van der Waals surface area (Å²) in [6, 6.07) is 0. The molecule has 0 spiro atoms.